The molecule has 0 aliphatic rings. The van der Waals surface area contributed by atoms with Gasteiger partial charge in [0, 0.05) is 42.0 Å². The maximum absolute atomic E-state index is 14.3. The SMILES string of the molecule is CCNC(=O)c1cc2c(-c3cc(NS(=O)(=O)CC)ccc3Oc3c(F)cncc3F)cn(C)c(=O)c2o1. The molecule has 0 aliphatic heterocycles. The molecule has 0 saturated heterocycles. The maximum Gasteiger partial charge on any atom is 0.293 e. The summed E-state index contributed by atoms with van der Waals surface area (Å²) in [7, 11) is -2.22. The summed E-state index contributed by atoms with van der Waals surface area (Å²) in [6, 6.07) is 5.43. The number of carbonyl (C=O) groups excluding carboxylic acids is 1. The zero-order valence-corrected chi connectivity index (χ0v) is 20.8. The molecule has 4 rings (SSSR count). The van der Waals surface area contributed by atoms with Gasteiger partial charge in [-0.15, -0.1) is 0 Å². The third kappa shape index (κ3) is 5.16. The lowest BCUT2D eigenvalue weighted by atomic mass is 10.0. The van der Waals surface area contributed by atoms with Gasteiger partial charge in [-0.3, -0.25) is 19.3 Å². The van der Waals surface area contributed by atoms with Crippen molar-refractivity contribution in [2.24, 2.45) is 7.05 Å². The van der Waals surface area contributed by atoms with Gasteiger partial charge >= 0.3 is 0 Å². The van der Waals surface area contributed by atoms with E-state index >= 15 is 0 Å². The van der Waals surface area contributed by atoms with Crippen LogP contribution in [0.1, 0.15) is 24.4 Å². The van der Waals surface area contributed by atoms with Crippen LogP contribution in [0.2, 0.25) is 0 Å². The van der Waals surface area contributed by atoms with Crippen molar-refractivity contribution in [3.8, 4) is 22.6 Å². The fourth-order valence-corrected chi connectivity index (χ4v) is 4.19. The minimum absolute atomic E-state index is 0.0656. The van der Waals surface area contributed by atoms with Gasteiger partial charge in [-0.2, -0.15) is 0 Å². The summed E-state index contributed by atoms with van der Waals surface area (Å²) in [5, 5.41) is 2.79. The Hall–Kier alpha value is -4.26. The summed E-state index contributed by atoms with van der Waals surface area (Å²) >= 11 is 0. The van der Waals surface area contributed by atoms with Crippen molar-refractivity contribution >= 4 is 32.6 Å². The first-order chi connectivity index (χ1) is 17.5. The van der Waals surface area contributed by atoms with Gasteiger partial charge in [0.15, 0.2) is 17.4 Å². The fourth-order valence-electron chi connectivity index (χ4n) is 3.56. The summed E-state index contributed by atoms with van der Waals surface area (Å²) in [4.78, 5) is 28.6. The van der Waals surface area contributed by atoms with Crippen molar-refractivity contribution in [2.75, 3.05) is 17.0 Å². The number of nitrogens with one attached hydrogen (secondary N) is 2. The molecule has 0 radical (unpaired) electrons. The summed E-state index contributed by atoms with van der Waals surface area (Å²) in [6.07, 6.45) is 2.98. The maximum atomic E-state index is 14.3. The molecule has 3 heterocycles. The van der Waals surface area contributed by atoms with Crippen LogP contribution in [0, 0.1) is 11.6 Å². The molecule has 0 saturated carbocycles. The van der Waals surface area contributed by atoms with Crippen molar-refractivity contribution in [1.82, 2.24) is 14.9 Å². The topological polar surface area (TPSA) is 133 Å². The van der Waals surface area contributed by atoms with E-state index in [1.54, 1.807) is 6.92 Å². The molecule has 0 fully saturated rings. The molecule has 0 aliphatic carbocycles. The number of aryl methyl sites for hydroxylation is 1. The third-order valence-corrected chi connectivity index (χ3v) is 6.67. The van der Waals surface area contributed by atoms with Gasteiger partial charge < -0.3 is 19.0 Å². The smallest absolute Gasteiger partial charge is 0.293 e. The summed E-state index contributed by atoms with van der Waals surface area (Å²) < 4.78 is 67.8. The van der Waals surface area contributed by atoms with Gasteiger partial charge in [0.05, 0.1) is 18.1 Å². The highest BCUT2D eigenvalue weighted by Gasteiger charge is 2.22. The second kappa shape index (κ2) is 10.0. The Labute approximate surface area is 209 Å². The van der Waals surface area contributed by atoms with E-state index in [-0.39, 0.29) is 45.0 Å². The number of sulfonamides is 1. The van der Waals surface area contributed by atoms with Crippen LogP contribution in [-0.2, 0) is 17.1 Å². The molecule has 4 aromatic rings. The summed E-state index contributed by atoms with van der Waals surface area (Å²) in [5.74, 6) is -3.79. The molecule has 1 aromatic carbocycles. The molecular weight excluding hydrogens is 510 g/mol. The number of fused-ring (bicyclic) bond motifs is 1. The average Bonchev–Trinajstić information content (AvgIpc) is 3.30. The van der Waals surface area contributed by atoms with E-state index in [2.05, 4.69) is 15.0 Å². The zero-order valence-electron chi connectivity index (χ0n) is 20.0. The number of hydrogen-bond donors (Lipinski definition) is 2. The highest BCUT2D eigenvalue weighted by molar-refractivity contribution is 7.92. The van der Waals surface area contributed by atoms with Crippen molar-refractivity contribution in [3.63, 3.8) is 0 Å². The Morgan fingerprint density at radius 1 is 1.14 bits per heavy atom. The number of anilines is 1. The van der Waals surface area contributed by atoms with Crippen LogP contribution in [0.15, 0.2) is 52.1 Å². The predicted molar refractivity (Wildman–Crippen MR) is 132 cm³/mol. The van der Waals surface area contributed by atoms with Crippen LogP contribution in [0.3, 0.4) is 0 Å². The molecule has 194 valence electrons. The second-order valence-corrected chi connectivity index (χ2v) is 9.93. The third-order valence-electron chi connectivity index (χ3n) is 5.37. The van der Waals surface area contributed by atoms with E-state index in [4.69, 9.17) is 9.15 Å². The molecule has 2 N–H and O–H groups in total. The first-order valence-corrected chi connectivity index (χ1v) is 12.7. The summed E-state index contributed by atoms with van der Waals surface area (Å²) in [5.41, 5.74) is -0.109. The van der Waals surface area contributed by atoms with Crippen molar-refractivity contribution in [3.05, 3.63) is 70.6 Å². The number of ether oxygens (including phenoxy) is 1. The largest absolute Gasteiger partial charge is 0.450 e. The molecule has 10 nitrogen and oxygen atoms in total. The molecule has 0 atom stereocenters. The molecule has 3 aromatic heterocycles. The number of hydrogen-bond acceptors (Lipinski definition) is 7. The highest BCUT2D eigenvalue weighted by atomic mass is 32.2. The zero-order chi connectivity index (χ0) is 26.9. The Bertz CT molecular complexity index is 1660. The van der Waals surface area contributed by atoms with Crippen LogP contribution in [0.4, 0.5) is 14.5 Å². The normalized spacial score (nSPS) is 11.5. The van der Waals surface area contributed by atoms with Crippen molar-refractivity contribution in [1.29, 1.82) is 0 Å². The number of pyridine rings is 2. The molecule has 13 heteroatoms. The monoisotopic (exact) mass is 532 g/mol. The molecule has 37 heavy (non-hydrogen) atoms. The standard InChI is InChI=1S/C24H22F2N4O6S/c1-4-28-23(31)20-9-15-16(12-30(3)24(32)21(15)36-20)14-8-13(29-37(33,34)5-2)6-7-19(14)35-22-17(25)10-27-11-18(22)26/h6-12,29H,4-5H2,1-3H3,(H,28,31). The van der Waals surface area contributed by atoms with Gasteiger partial charge in [0.2, 0.25) is 21.4 Å². The highest BCUT2D eigenvalue weighted by Crippen LogP contribution is 2.40. The van der Waals surface area contributed by atoms with E-state index < -0.39 is 38.9 Å². The van der Waals surface area contributed by atoms with Crippen LogP contribution in [0.5, 0.6) is 11.5 Å². The Balaban J connectivity index is 1.98. The van der Waals surface area contributed by atoms with E-state index in [0.717, 1.165) is 12.4 Å². The van der Waals surface area contributed by atoms with Gasteiger partial charge in [-0.25, -0.2) is 17.2 Å². The lowest BCUT2D eigenvalue weighted by Gasteiger charge is -2.16. The molecule has 0 bridgehead atoms. The van der Waals surface area contributed by atoms with Crippen LogP contribution in [-0.4, -0.2) is 36.2 Å². The number of halogens is 2. The quantitative estimate of drug-likeness (QED) is 0.353. The number of furan rings is 1. The number of amides is 1. The number of benzene rings is 1. The van der Waals surface area contributed by atoms with Gasteiger partial charge in [-0.1, -0.05) is 0 Å². The predicted octanol–water partition coefficient (Wildman–Crippen LogP) is 3.78. The lowest BCUT2D eigenvalue weighted by Crippen LogP contribution is -2.22. The van der Waals surface area contributed by atoms with E-state index in [9.17, 15) is 26.8 Å². The summed E-state index contributed by atoms with van der Waals surface area (Å²) in [6.45, 7) is 3.50. The number of rotatable bonds is 8. The molecule has 0 unspecified atom stereocenters. The Morgan fingerprint density at radius 3 is 2.49 bits per heavy atom. The number of carbonyl (C=O) groups is 1. The Morgan fingerprint density at radius 2 is 1.84 bits per heavy atom. The van der Waals surface area contributed by atoms with Crippen molar-refractivity contribution in [2.45, 2.75) is 13.8 Å². The second-order valence-electron chi connectivity index (χ2n) is 7.92. The molecule has 0 spiro atoms. The van der Waals surface area contributed by atoms with Crippen molar-refractivity contribution < 1.29 is 31.1 Å². The van der Waals surface area contributed by atoms with Crippen LogP contribution < -0.4 is 20.3 Å². The average molecular weight is 533 g/mol. The minimum Gasteiger partial charge on any atom is -0.450 e. The van der Waals surface area contributed by atoms with E-state index in [0.29, 0.717) is 6.54 Å². The first-order valence-electron chi connectivity index (χ1n) is 11.1. The first kappa shape index (κ1) is 25.8. The number of aromatic nitrogens is 2. The fraction of sp³-hybridized carbons (Fsp3) is 0.208. The molecule has 1 amide bonds. The van der Waals surface area contributed by atoms with Gasteiger partial charge in [0.25, 0.3) is 11.5 Å². The van der Waals surface area contributed by atoms with E-state index in [1.165, 1.54) is 49.0 Å². The minimum atomic E-state index is -3.67. The Kier molecular flexibility index (Phi) is 6.99. The van der Waals surface area contributed by atoms with Crippen LogP contribution >= 0.6 is 0 Å². The van der Waals surface area contributed by atoms with Gasteiger partial charge in [-0.05, 0) is 38.1 Å². The molecular formula is C24H22F2N4O6S. The number of nitrogens with zero attached hydrogens (tertiary/aromatic N) is 2. The lowest BCUT2D eigenvalue weighted by molar-refractivity contribution is 0.0930. The van der Waals surface area contributed by atoms with Crippen LogP contribution in [0.25, 0.3) is 22.1 Å². The van der Waals surface area contributed by atoms with E-state index in [1.807, 2.05) is 0 Å². The van der Waals surface area contributed by atoms with Gasteiger partial charge in [0.1, 0.15) is 5.75 Å².